The van der Waals surface area contributed by atoms with Gasteiger partial charge in [-0.2, -0.15) is 0 Å². The predicted molar refractivity (Wildman–Crippen MR) is 44.2 cm³/mol. The van der Waals surface area contributed by atoms with E-state index in [0.717, 1.165) is 0 Å². The predicted octanol–water partition coefficient (Wildman–Crippen LogP) is 0.100. The number of carboxylic acids is 2. The Morgan fingerprint density at radius 2 is 1.77 bits per heavy atom. The molecule has 0 fully saturated rings. The fourth-order valence-corrected chi connectivity index (χ4v) is 1.02. The molecule has 0 atom stereocenters. The number of aliphatic carboxylic acids is 2. The molecule has 0 spiro atoms. The summed E-state index contributed by atoms with van der Waals surface area (Å²) < 4.78 is 0. The van der Waals surface area contributed by atoms with Crippen molar-refractivity contribution in [2.45, 2.75) is 12.8 Å². The minimum atomic E-state index is -1.93. The molecule has 0 unspecified atom stereocenters. The van der Waals surface area contributed by atoms with E-state index in [-0.39, 0.29) is 12.8 Å². The Morgan fingerprint density at radius 3 is 2.00 bits per heavy atom. The first-order valence-electron chi connectivity index (χ1n) is 3.70. The molecule has 0 aliphatic rings. The number of hydrogen-bond acceptors (Lipinski definition) is 3. The molecule has 0 bridgehead atoms. The number of hydrogen-bond donors (Lipinski definition) is 3. The van der Waals surface area contributed by atoms with E-state index in [1.807, 2.05) is 0 Å². The van der Waals surface area contributed by atoms with E-state index in [1.165, 1.54) is 6.08 Å². The second-order valence-corrected chi connectivity index (χ2v) is 2.66. The van der Waals surface area contributed by atoms with Crippen LogP contribution in [0.3, 0.4) is 0 Å². The summed E-state index contributed by atoms with van der Waals surface area (Å²) in [5.74, 6) is -2.90. The van der Waals surface area contributed by atoms with Gasteiger partial charge in [-0.3, -0.25) is 9.59 Å². The molecular formula is C8H12O5. The average Bonchev–Trinajstić information content (AvgIpc) is 2.03. The highest BCUT2D eigenvalue weighted by Gasteiger charge is 2.44. The third-order valence-corrected chi connectivity index (χ3v) is 1.85. The molecular weight excluding hydrogens is 176 g/mol. The summed E-state index contributed by atoms with van der Waals surface area (Å²) in [5.41, 5.74) is -1.93. The second-order valence-electron chi connectivity index (χ2n) is 2.66. The number of allylic oxidation sites excluding steroid dienone is 1. The van der Waals surface area contributed by atoms with Crippen LogP contribution in [0.4, 0.5) is 0 Å². The highest BCUT2D eigenvalue weighted by atomic mass is 16.4. The molecule has 3 N–H and O–H groups in total. The van der Waals surface area contributed by atoms with Crippen LogP contribution in [0.5, 0.6) is 0 Å². The second kappa shape index (κ2) is 4.61. The molecule has 0 saturated carbocycles. The summed E-state index contributed by atoms with van der Waals surface area (Å²) in [7, 11) is 0. The third-order valence-electron chi connectivity index (χ3n) is 1.85. The van der Waals surface area contributed by atoms with E-state index in [0.29, 0.717) is 0 Å². The van der Waals surface area contributed by atoms with Gasteiger partial charge < -0.3 is 15.3 Å². The van der Waals surface area contributed by atoms with Gasteiger partial charge in [-0.1, -0.05) is 6.08 Å². The molecule has 0 aliphatic heterocycles. The molecule has 0 aromatic carbocycles. The largest absolute Gasteiger partial charge is 0.480 e. The third kappa shape index (κ3) is 2.29. The van der Waals surface area contributed by atoms with Gasteiger partial charge in [0.2, 0.25) is 0 Å². The fraction of sp³-hybridized carbons (Fsp3) is 0.500. The van der Waals surface area contributed by atoms with Crippen molar-refractivity contribution >= 4 is 11.9 Å². The van der Waals surface area contributed by atoms with Gasteiger partial charge in [0.25, 0.3) is 0 Å². The van der Waals surface area contributed by atoms with Crippen LogP contribution in [0.25, 0.3) is 0 Å². The van der Waals surface area contributed by atoms with Gasteiger partial charge >= 0.3 is 11.9 Å². The Balaban J connectivity index is 4.91. The number of rotatable bonds is 6. The minimum absolute atomic E-state index is 0.196. The lowest BCUT2D eigenvalue weighted by molar-refractivity contribution is -0.165. The van der Waals surface area contributed by atoms with Crippen LogP contribution in [0.15, 0.2) is 12.7 Å². The molecule has 74 valence electrons. The first-order valence-corrected chi connectivity index (χ1v) is 3.70. The Kier molecular flexibility index (Phi) is 4.13. The van der Waals surface area contributed by atoms with Crippen LogP contribution in [-0.4, -0.2) is 33.9 Å². The maximum absolute atomic E-state index is 10.7. The molecule has 0 aliphatic carbocycles. The van der Waals surface area contributed by atoms with Crippen molar-refractivity contribution in [2.75, 3.05) is 6.61 Å². The summed E-state index contributed by atoms with van der Waals surface area (Å²) in [6, 6.07) is 0. The average molecular weight is 188 g/mol. The smallest absolute Gasteiger partial charge is 0.321 e. The van der Waals surface area contributed by atoms with E-state index in [4.69, 9.17) is 15.3 Å². The molecule has 0 saturated heterocycles. The number of carbonyl (C=O) groups is 2. The molecule has 0 heterocycles. The molecule has 0 aromatic heterocycles. The summed E-state index contributed by atoms with van der Waals surface area (Å²) in [6.45, 7) is 2.80. The number of carboxylic acid groups (broad SMARTS) is 2. The molecule has 5 heteroatoms. The van der Waals surface area contributed by atoms with Gasteiger partial charge in [0.05, 0.1) is 0 Å². The fourth-order valence-electron chi connectivity index (χ4n) is 1.02. The highest BCUT2D eigenvalue weighted by Crippen LogP contribution is 2.27. The number of aliphatic hydroxyl groups is 1. The van der Waals surface area contributed by atoms with Crippen LogP contribution in [-0.2, 0) is 9.59 Å². The van der Waals surface area contributed by atoms with Gasteiger partial charge in [-0.05, 0) is 12.8 Å². The van der Waals surface area contributed by atoms with Crippen LogP contribution in [0.2, 0.25) is 0 Å². The standard InChI is InChI=1S/C8H12O5/c1-2-3-8(4-5-9,6(10)11)7(12)13/h2,9H,1,3-5H2,(H,10,11)(H,12,13). The van der Waals surface area contributed by atoms with Gasteiger partial charge in [-0.15, -0.1) is 6.58 Å². The minimum Gasteiger partial charge on any atom is -0.480 e. The monoisotopic (exact) mass is 188 g/mol. The Bertz CT molecular complexity index is 207. The lowest BCUT2D eigenvalue weighted by Gasteiger charge is -2.21. The van der Waals surface area contributed by atoms with Gasteiger partial charge in [0.15, 0.2) is 5.41 Å². The van der Waals surface area contributed by atoms with Crippen molar-refractivity contribution in [3.8, 4) is 0 Å². The maximum Gasteiger partial charge on any atom is 0.321 e. The summed E-state index contributed by atoms with van der Waals surface area (Å²) in [5, 5.41) is 26.0. The van der Waals surface area contributed by atoms with Crippen molar-refractivity contribution in [3.05, 3.63) is 12.7 Å². The zero-order chi connectivity index (χ0) is 10.5. The van der Waals surface area contributed by atoms with Crippen LogP contribution in [0.1, 0.15) is 12.8 Å². The van der Waals surface area contributed by atoms with Crippen LogP contribution in [0, 0.1) is 5.41 Å². The summed E-state index contributed by atoms with van der Waals surface area (Å²) in [4.78, 5) is 21.4. The molecule has 0 aromatic rings. The summed E-state index contributed by atoms with van der Waals surface area (Å²) >= 11 is 0. The molecule has 0 radical (unpaired) electrons. The zero-order valence-electron chi connectivity index (χ0n) is 7.06. The van der Waals surface area contributed by atoms with E-state index in [1.54, 1.807) is 0 Å². The Hall–Kier alpha value is -1.36. The van der Waals surface area contributed by atoms with Crippen molar-refractivity contribution in [1.29, 1.82) is 0 Å². The lowest BCUT2D eigenvalue weighted by Crippen LogP contribution is -2.39. The lowest BCUT2D eigenvalue weighted by atomic mass is 9.81. The first-order chi connectivity index (χ1) is 6.01. The molecule has 5 nitrogen and oxygen atoms in total. The van der Waals surface area contributed by atoms with Gasteiger partial charge in [0, 0.05) is 6.61 Å². The van der Waals surface area contributed by atoms with Crippen molar-refractivity contribution in [3.63, 3.8) is 0 Å². The first kappa shape index (κ1) is 11.6. The quantitative estimate of drug-likeness (QED) is 0.406. The Labute approximate surface area is 75.3 Å². The van der Waals surface area contributed by atoms with E-state index >= 15 is 0 Å². The number of aliphatic hydroxyl groups excluding tert-OH is 1. The Morgan fingerprint density at radius 1 is 1.31 bits per heavy atom. The molecule has 0 amide bonds. The van der Waals surface area contributed by atoms with Crippen LogP contribution < -0.4 is 0 Å². The van der Waals surface area contributed by atoms with Gasteiger partial charge in [0.1, 0.15) is 0 Å². The van der Waals surface area contributed by atoms with Gasteiger partial charge in [-0.25, -0.2) is 0 Å². The van der Waals surface area contributed by atoms with Crippen molar-refractivity contribution in [2.24, 2.45) is 5.41 Å². The van der Waals surface area contributed by atoms with E-state index in [9.17, 15) is 9.59 Å². The SMILES string of the molecule is C=CCC(CCO)(C(=O)O)C(=O)O. The zero-order valence-corrected chi connectivity index (χ0v) is 7.06. The van der Waals surface area contributed by atoms with Crippen molar-refractivity contribution in [1.82, 2.24) is 0 Å². The summed E-state index contributed by atoms with van der Waals surface area (Å²) in [6.07, 6.45) is 0.708. The normalized spacial score (nSPS) is 10.8. The van der Waals surface area contributed by atoms with E-state index in [2.05, 4.69) is 6.58 Å². The van der Waals surface area contributed by atoms with E-state index < -0.39 is 24.0 Å². The maximum atomic E-state index is 10.7. The van der Waals surface area contributed by atoms with Crippen LogP contribution >= 0.6 is 0 Å². The van der Waals surface area contributed by atoms with Crippen molar-refractivity contribution < 1.29 is 24.9 Å². The molecule has 13 heavy (non-hydrogen) atoms. The topological polar surface area (TPSA) is 94.8 Å². The molecule has 0 rings (SSSR count). The highest BCUT2D eigenvalue weighted by molar-refractivity contribution is 5.98.